The van der Waals surface area contributed by atoms with Crippen molar-refractivity contribution in [2.24, 2.45) is 4.99 Å². The molecule has 9 aromatic rings. The average molecular weight is 746 g/mol. The zero-order chi connectivity index (χ0) is 39.6. The van der Waals surface area contributed by atoms with Gasteiger partial charge in [-0.15, -0.1) is 0 Å². The Bertz CT molecular complexity index is 2920. The molecule has 1 aromatic heterocycles. The third kappa shape index (κ3) is 7.07. The number of aliphatic imine (C=N–C) groups is 1. The lowest BCUT2D eigenvalue weighted by Gasteiger charge is -2.16. The maximum absolute atomic E-state index is 9.68. The van der Waals surface area contributed by atoms with Gasteiger partial charge in [-0.05, 0) is 108 Å². The summed E-state index contributed by atoms with van der Waals surface area (Å²) >= 11 is 0. The fourth-order valence-corrected chi connectivity index (χ4v) is 7.59. The Morgan fingerprint density at radius 3 is 1.62 bits per heavy atom. The fraction of sp³-hybridized carbons (Fsp3) is 0.0377. The molecule has 0 amide bonds. The quantitative estimate of drug-likeness (QED) is 0.126. The predicted octanol–water partition coefficient (Wildman–Crippen LogP) is 13.2. The molecule has 0 bridgehead atoms. The van der Waals surface area contributed by atoms with Gasteiger partial charge >= 0.3 is 0 Å². The van der Waals surface area contributed by atoms with Crippen LogP contribution in [0.4, 0.5) is 5.69 Å². The summed E-state index contributed by atoms with van der Waals surface area (Å²) in [5.74, 6) is 0.671. The first-order chi connectivity index (χ1) is 28.4. The molecule has 5 nitrogen and oxygen atoms in total. The normalized spacial score (nSPS) is 11.4. The Kier molecular flexibility index (Phi) is 9.51. The van der Waals surface area contributed by atoms with Crippen molar-refractivity contribution >= 4 is 39.2 Å². The molecular formula is C53H39N5. The first kappa shape index (κ1) is 35.9. The first-order valence-corrected chi connectivity index (χ1v) is 19.3. The van der Waals surface area contributed by atoms with Crippen LogP contribution < -0.4 is 5.32 Å². The highest BCUT2D eigenvalue weighted by molar-refractivity contribution is 6.17. The number of aryl methyl sites for hydroxylation is 2. The van der Waals surface area contributed by atoms with E-state index in [0.29, 0.717) is 17.0 Å². The van der Waals surface area contributed by atoms with Crippen molar-refractivity contribution in [3.63, 3.8) is 0 Å². The lowest BCUT2D eigenvalue weighted by Crippen LogP contribution is -2.16. The van der Waals surface area contributed by atoms with Crippen molar-refractivity contribution in [2.75, 3.05) is 5.32 Å². The Morgan fingerprint density at radius 1 is 0.552 bits per heavy atom. The molecular weight excluding hydrogens is 707 g/mol. The van der Waals surface area contributed by atoms with Crippen molar-refractivity contribution in [1.29, 1.82) is 10.7 Å². The Balaban J connectivity index is 1.25. The fourth-order valence-electron chi connectivity index (χ4n) is 7.59. The van der Waals surface area contributed by atoms with Crippen LogP contribution in [-0.2, 0) is 0 Å². The lowest BCUT2D eigenvalue weighted by molar-refractivity contribution is 1.18. The maximum atomic E-state index is 9.68. The van der Waals surface area contributed by atoms with Gasteiger partial charge in [-0.2, -0.15) is 5.26 Å². The van der Waals surface area contributed by atoms with Crippen LogP contribution in [0.1, 0.15) is 27.8 Å². The molecule has 0 unspecified atom stereocenters. The summed E-state index contributed by atoms with van der Waals surface area (Å²) in [5.41, 5.74) is 14.9. The second-order valence-electron chi connectivity index (χ2n) is 14.6. The number of anilines is 1. The van der Waals surface area contributed by atoms with Crippen molar-refractivity contribution in [2.45, 2.75) is 13.8 Å². The number of fused-ring (bicyclic) bond motifs is 3. The lowest BCUT2D eigenvalue weighted by atomic mass is 9.97. The molecule has 2 N–H and O–H groups in total. The minimum atomic E-state index is 0.104. The van der Waals surface area contributed by atoms with Gasteiger partial charge in [0.05, 0.1) is 22.7 Å². The minimum absolute atomic E-state index is 0.104. The second kappa shape index (κ2) is 15.4. The number of nitriles is 1. The highest BCUT2D eigenvalue weighted by Gasteiger charge is 2.19. The smallest absolute Gasteiger partial charge is 0.154 e. The van der Waals surface area contributed by atoms with E-state index in [1.54, 1.807) is 0 Å². The molecule has 0 fully saturated rings. The minimum Gasteiger partial charge on any atom is -0.340 e. The van der Waals surface area contributed by atoms with Crippen molar-refractivity contribution in [3.05, 3.63) is 216 Å². The number of benzene rings is 8. The number of para-hydroxylation sites is 1. The average Bonchev–Trinajstić information content (AvgIpc) is 3.60. The van der Waals surface area contributed by atoms with Crippen molar-refractivity contribution in [1.82, 2.24) is 4.57 Å². The molecule has 0 radical (unpaired) electrons. The van der Waals surface area contributed by atoms with E-state index in [4.69, 9.17) is 4.99 Å². The number of rotatable bonds is 7. The SMILES string of the molecule is Cc1ccc(-c2ccc3c(c2)c2cc(-c4ccc(C)cc4)ccc2n3-c2ccc(-c3ccc(C#N)cc3)c(C(=N)N=C(Nc3ccccc3)c3ccccc3)c2)cc1. The molecule has 5 heteroatoms. The Morgan fingerprint density at radius 2 is 1.07 bits per heavy atom. The molecule has 0 saturated heterocycles. The van der Waals surface area contributed by atoms with Crippen LogP contribution in [0.2, 0.25) is 0 Å². The van der Waals surface area contributed by atoms with Crippen LogP contribution in [0.15, 0.2) is 193 Å². The van der Waals surface area contributed by atoms with E-state index in [1.165, 1.54) is 22.3 Å². The van der Waals surface area contributed by atoms with Crippen LogP contribution in [0.25, 0.3) is 60.9 Å². The predicted molar refractivity (Wildman–Crippen MR) is 241 cm³/mol. The molecule has 0 spiro atoms. The van der Waals surface area contributed by atoms with Gasteiger partial charge in [0.25, 0.3) is 0 Å². The molecule has 0 aliphatic heterocycles. The van der Waals surface area contributed by atoms with Crippen molar-refractivity contribution in [3.8, 4) is 45.1 Å². The number of aromatic nitrogens is 1. The summed E-state index contributed by atoms with van der Waals surface area (Å²) in [7, 11) is 0. The van der Waals surface area contributed by atoms with Gasteiger partial charge in [0.15, 0.2) is 5.84 Å². The zero-order valence-corrected chi connectivity index (χ0v) is 32.2. The van der Waals surface area contributed by atoms with E-state index in [1.807, 2.05) is 84.9 Å². The number of amidine groups is 2. The molecule has 0 saturated carbocycles. The molecule has 58 heavy (non-hydrogen) atoms. The van der Waals surface area contributed by atoms with Gasteiger partial charge in [0, 0.05) is 33.3 Å². The topological polar surface area (TPSA) is 77.0 Å². The number of nitrogens with zero attached hydrogens (tertiary/aromatic N) is 3. The molecule has 0 aliphatic carbocycles. The first-order valence-electron chi connectivity index (χ1n) is 19.3. The van der Waals surface area contributed by atoms with Crippen LogP contribution in [-0.4, -0.2) is 16.2 Å². The van der Waals surface area contributed by atoms with Gasteiger partial charge in [-0.3, -0.25) is 5.41 Å². The second-order valence-corrected chi connectivity index (χ2v) is 14.6. The third-order valence-electron chi connectivity index (χ3n) is 10.7. The molecule has 8 aromatic carbocycles. The van der Waals surface area contributed by atoms with Crippen LogP contribution in [0.5, 0.6) is 0 Å². The summed E-state index contributed by atoms with van der Waals surface area (Å²) in [5, 5.41) is 25.0. The van der Waals surface area contributed by atoms with Gasteiger partial charge < -0.3 is 9.88 Å². The third-order valence-corrected chi connectivity index (χ3v) is 10.7. The molecule has 9 rings (SSSR count). The summed E-state index contributed by atoms with van der Waals surface area (Å²) in [6.45, 7) is 4.22. The molecule has 0 atom stereocenters. The molecule has 276 valence electrons. The number of hydrogen-bond donors (Lipinski definition) is 2. The van der Waals surface area contributed by atoms with E-state index >= 15 is 0 Å². The van der Waals surface area contributed by atoms with Crippen LogP contribution in [0.3, 0.4) is 0 Å². The van der Waals surface area contributed by atoms with E-state index < -0.39 is 0 Å². The van der Waals surface area contributed by atoms with Gasteiger partial charge in [0.2, 0.25) is 0 Å². The standard InChI is InChI=1S/C53H39N5/c1-35-13-19-38(20-14-35)42-25-29-50-47(31-42)48-32-43(39-21-15-36(2)16-22-39)26-30-51(48)58(50)45-27-28-46(40-23-17-37(34-54)18-24-40)49(33-45)52(55)57-53(41-9-5-3-6-10-41)56-44-11-7-4-8-12-44/h3-33H,1-2H3,(H2,55,56,57). The Hall–Kier alpha value is -7.81. The Labute approximate surface area is 338 Å². The van der Waals surface area contributed by atoms with Crippen LogP contribution in [0, 0.1) is 30.6 Å². The largest absolute Gasteiger partial charge is 0.340 e. The van der Waals surface area contributed by atoms with Crippen molar-refractivity contribution < 1.29 is 0 Å². The van der Waals surface area contributed by atoms with E-state index in [2.05, 4.69) is 133 Å². The highest BCUT2D eigenvalue weighted by Crippen LogP contribution is 2.38. The monoisotopic (exact) mass is 745 g/mol. The summed E-state index contributed by atoms with van der Waals surface area (Å²) in [6.07, 6.45) is 0. The molecule has 0 aliphatic rings. The van der Waals surface area contributed by atoms with Gasteiger partial charge in [-0.25, -0.2) is 4.99 Å². The maximum Gasteiger partial charge on any atom is 0.154 e. The van der Waals surface area contributed by atoms with Crippen LogP contribution >= 0.6 is 0 Å². The van der Waals surface area contributed by atoms with E-state index in [9.17, 15) is 10.7 Å². The highest BCUT2D eigenvalue weighted by atomic mass is 15.0. The number of nitrogens with one attached hydrogen (secondary N) is 2. The zero-order valence-electron chi connectivity index (χ0n) is 32.2. The van der Waals surface area contributed by atoms with Gasteiger partial charge in [-0.1, -0.05) is 139 Å². The van der Waals surface area contributed by atoms with E-state index in [0.717, 1.165) is 61.0 Å². The van der Waals surface area contributed by atoms with E-state index in [-0.39, 0.29) is 5.84 Å². The van der Waals surface area contributed by atoms with Gasteiger partial charge in [0.1, 0.15) is 5.84 Å². The summed E-state index contributed by atoms with van der Waals surface area (Å²) in [6, 6.07) is 66.6. The summed E-state index contributed by atoms with van der Waals surface area (Å²) < 4.78 is 2.30. The number of hydrogen-bond acceptors (Lipinski definition) is 2. The molecule has 1 heterocycles. The summed E-state index contributed by atoms with van der Waals surface area (Å²) in [4.78, 5) is 5.01.